The number of hydrogen-bond acceptors (Lipinski definition) is 5. The van der Waals surface area contributed by atoms with Gasteiger partial charge in [-0.2, -0.15) is 0 Å². The summed E-state index contributed by atoms with van der Waals surface area (Å²) in [6.45, 7) is 15.8. The van der Waals surface area contributed by atoms with E-state index >= 15 is 0 Å². The normalized spacial score (nSPS) is 14.3. The highest BCUT2D eigenvalue weighted by Gasteiger charge is 2.32. The van der Waals surface area contributed by atoms with Crippen LogP contribution in [0.5, 0.6) is 11.5 Å². The molecule has 4 aromatic carbocycles. The second-order valence-corrected chi connectivity index (χ2v) is 13.4. The molecule has 2 unspecified atom stereocenters. The quantitative estimate of drug-likeness (QED) is 0.102. The van der Waals surface area contributed by atoms with Crippen LogP contribution in [0.2, 0.25) is 0 Å². The summed E-state index contributed by atoms with van der Waals surface area (Å²) in [5.74, 6) is 0.891. The summed E-state index contributed by atoms with van der Waals surface area (Å²) in [5, 5.41) is 9.52. The van der Waals surface area contributed by atoms with Crippen molar-refractivity contribution in [2.24, 2.45) is 10.8 Å². The maximum atomic E-state index is 14.6. The molecule has 0 fully saturated rings. The molecule has 4 aromatic rings. The topological polar surface area (TPSA) is 57.2 Å². The van der Waals surface area contributed by atoms with Crippen molar-refractivity contribution < 1.29 is 64.0 Å². The number of methoxy groups -OCH3 is 4. The largest absolute Gasteiger partial charge is 0.497 e. The third-order valence-electron chi connectivity index (χ3n) is 8.94. The van der Waals surface area contributed by atoms with Crippen molar-refractivity contribution in [2.45, 2.75) is 52.4 Å². The Morgan fingerprint density at radius 2 is 1.08 bits per heavy atom. The monoisotopic (exact) mass is 771 g/mol. The molecule has 0 saturated carbocycles. The SMILES string of the molecule is C=CC(C)(C)C(OC)c1cc(CCl)ccc1-c1cc(OC)ccc1F.C=CC(C)(C)C(OC)c1cc(CO)ccc1-c1cc(OC)ccc1F.[3HH].[3H][3H].[3H][3H].[3H][3H].[3H][3H].[3H][3H].[3H][3H].[3H][3H].[3H][3H].[3H][3H].[3H][3H]. The van der Waals surface area contributed by atoms with Crippen LogP contribution in [-0.2, 0) is 22.0 Å². The Labute approximate surface area is 333 Å². The molecule has 0 aliphatic rings. The molecule has 0 amide bonds. The molecule has 0 aliphatic heterocycles. The second kappa shape index (κ2) is 17.8. The molecule has 1 N–H and O–H groups in total. The van der Waals surface area contributed by atoms with Crippen LogP contribution in [0.4, 0.5) is 8.78 Å². The fourth-order valence-electron chi connectivity index (χ4n) is 5.88. The molecule has 4 rings (SSSR count). The van der Waals surface area contributed by atoms with E-state index in [0.29, 0.717) is 34.1 Å². The van der Waals surface area contributed by atoms with Gasteiger partial charge in [0.15, 0.2) is 0 Å². The molecule has 0 aliphatic carbocycles. The number of aliphatic hydroxyl groups is 1. The third kappa shape index (κ3) is 9.20. The van der Waals surface area contributed by atoms with E-state index in [-0.39, 0.29) is 42.7 Å². The van der Waals surface area contributed by atoms with Crippen molar-refractivity contribution >= 4 is 11.6 Å². The first-order valence-electron chi connectivity index (χ1n) is 26.2. The zero-order valence-corrected chi connectivity index (χ0v) is 31.0. The lowest BCUT2D eigenvalue weighted by atomic mass is 9.79. The standard InChI is InChI=1S/C21H24ClFO2.C21H25FO3.11H2/c1-6-21(2,3)20(25-5)18-11-14(13-22)7-9-16(18)17-12-15(24-4)8-10-19(17)23;1-6-21(2,3)20(25-5)18-11-14(13-23)7-9-16(18)17-12-15(24-4)8-10-19(17)22;;;;;;;;;;;/h6-12,20H,1,13H2,2-5H3;6-12,20,23H,1,13H2,2-5H3;11*1H/i;;10*1+2T;1+2. The summed E-state index contributed by atoms with van der Waals surface area (Å²) >= 11 is 6.02. The maximum absolute atomic E-state index is 14.6. The van der Waals surface area contributed by atoms with Crippen LogP contribution in [-0.4, -0.2) is 33.5 Å². The van der Waals surface area contributed by atoms with Crippen LogP contribution in [0.15, 0.2) is 98.1 Å². The van der Waals surface area contributed by atoms with Crippen LogP contribution >= 0.6 is 11.6 Å². The van der Waals surface area contributed by atoms with Gasteiger partial charge in [0.05, 0.1) is 33.0 Å². The van der Waals surface area contributed by atoms with E-state index in [1.165, 1.54) is 12.1 Å². The van der Waals surface area contributed by atoms with Crippen LogP contribution in [0.3, 0.4) is 0 Å². The van der Waals surface area contributed by atoms with Gasteiger partial charge in [-0.15, -0.1) is 24.8 Å². The van der Waals surface area contributed by atoms with E-state index in [2.05, 4.69) is 13.2 Å². The molecule has 0 bridgehead atoms. The Balaban J connectivity index is -0.000000113. The molecule has 290 valence electrons. The minimum Gasteiger partial charge on any atom is -0.497 e. The zero-order valence-electron chi connectivity index (χ0n) is 50.3. The maximum Gasteiger partial charge on any atom is 0.131 e. The Morgan fingerprint density at radius 3 is 1.42 bits per heavy atom. The highest BCUT2D eigenvalue weighted by Crippen LogP contribution is 2.44. The predicted molar refractivity (Wildman–Crippen MR) is 223 cm³/mol. The molecule has 8 heteroatoms. The van der Waals surface area contributed by atoms with Crippen LogP contribution in [0, 0.1) is 22.5 Å². The van der Waals surface area contributed by atoms with E-state index in [1.54, 1.807) is 58.8 Å². The average molecular weight is 772 g/mol. The summed E-state index contributed by atoms with van der Waals surface area (Å²) < 4.78 is 151. The predicted octanol–water partition coefficient (Wildman–Crippen LogP) is 13.7. The van der Waals surface area contributed by atoms with Gasteiger partial charge in [-0.1, -0.05) is 76.2 Å². The number of rotatable bonds is 14. The van der Waals surface area contributed by atoms with Gasteiger partial charge in [0, 0.05) is 73.2 Å². The summed E-state index contributed by atoms with van der Waals surface area (Å²) in [5.41, 5.74) is 5.00. The van der Waals surface area contributed by atoms with E-state index in [4.69, 9.17) is 60.2 Å². The highest BCUT2D eigenvalue weighted by molar-refractivity contribution is 6.17. The molecule has 0 aromatic heterocycles. The molecular weight excluding hydrogens is 658 g/mol. The van der Waals surface area contributed by atoms with E-state index < -0.39 is 0 Å². The minimum atomic E-state index is -0.382. The summed E-state index contributed by atoms with van der Waals surface area (Å²) in [6.07, 6.45) is 3.02. The first-order valence-corrected chi connectivity index (χ1v) is 16.7. The fraction of sp³-hybridized carbons (Fsp3) is 0.333. The first kappa shape index (κ1) is 27.7. The second-order valence-electron chi connectivity index (χ2n) is 13.1. The van der Waals surface area contributed by atoms with Gasteiger partial charge in [0.25, 0.3) is 0 Å². The molecule has 5 nitrogen and oxygen atoms in total. The van der Waals surface area contributed by atoms with Gasteiger partial charge in [0.1, 0.15) is 23.1 Å². The van der Waals surface area contributed by atoms with Crippen molar-refractivity contribution in [3.05, 3.63) is 132 Å². The average Bonchev–Trinajstić information content (AvgIpc) is 3.45. The van der Waals surface area contributed by atoms with Crippen LogP contribution in [0.25, 0.3) is 22.3 Å². The van der Waals surface area contributed by atoms with Crippen molar-refractivity contribution in [1.82, 2.24) is 0 Å². The third-order valence-corrected chi connectivity index (χ3v) is 9.24. The summed E-state index contributed by atoms with van der Waals surface area (Å²) in [6, 6.07) is 20.6. The highest BCUT2D eigenvalue weighted by atomic mass is 35.5. The number of benzene rings is 4. The number of aliphatic hydroxyl groups excluding tert-OH is 1. The number of ether oxygens (including phenoxy) is 4. The van der Waals surface area contributed by atoms with Crippen molar-refractivity contribution in [3.63, 3.8) is 0 Å². The summed E-state index contributed by atoms with van der Waals surface area (Å²) in [7, 11) is 6.38. The molecule has 50 heavy (non-hydrogen) atoms. The molecule has 0 saturated heterocycles. The van der Waals surface area contributed by atoms with Gasteiger partial charge in [-0.3, -0.25) is 0 Å². The molecular formula is C42H71ClF2O5. The Kier molecular flexibility index (Phi) is 9.84. The summed E-state index contributed by atoms with van der Waals surface area (Å²) in [4.78, 5) is 0. The van der Waals surface area contributed by atoms with Crippen LogP contribution in [0.1, 0.15) is 93.3 Å². The molecule has 0 spiro atoms. The van der Waals surface area contributed by atoms with Gasteiger partial charge in [-0.05, 0) is 69.8 Å². The number of hydrogen-bond donors (Lipinski definition) is 1. The molecule has 0 radical (unpaired) electrons. The lowest BCUT2D eigenvalue weighted by molar-refractivity contribution is 0.0306. The minimum absolute atomic E-state index is 0. The molecule has 2 atom stereocenters. The smallest absolute Gasteiger partial charge is 0.131 e. The zero-order chi connectivity index (χ0) is 57.2. The lowest BCUT2D eigenvalue weighted by Crippen LogP contribution is -2.22. The first-order chi connectivity index (χ1) is 33.7. The van der Waals surface area contributed by atoms with Gasteiger partial charge in [-0.25, -0.2) is 8.78 Å². The van der Waals surface area contributed by atoms with Crippen LogP contribution < -0.4 is 9.47 Å². The fourth-order valence-corrected chi connectivity index (χ4v) is 6.05. The van der Waals surface area contributed by atoms with Crippen molar-refractivity contribution in [3.8, 4) is 33.8 Å². The Hall–Kier alpha value is -4.01. The molecule has 0 heterocycles. The van der Waals surface area contributed by atoms with E-state index in [0.717, 1.165) is 27.8 Å². The Morgan fingerprint density at radius 1 is 0.680 bits per heavy atom. The van der Waals surface area contributed by atoms with Gasteiger partial charge < -0.3 is 24.1 Å². The Bertz CT molecular complexity index is 1700. The lowest BCUT2D eigenvalue weighted by Gasteiger charge is -2.32. The van der Waals surface area contributed by atoms with E-state index in [1.807, 2.05) is 70.2 Å². The van der Waals surface area contributed by atoms with Gasteiger partial charge in [0.2, 0.25) is 0 Å². The van der Waals surface area contributed by atoms with Crippen molar-refractivity contribution in [2.75, 3.05) is 28.4 Å². The number of halogens is 3. The van der Waals surface area contributed by atoms with Crippen molar-refractivity contribution in [1.29, 1.82) is 0 Å². The van der Waals surface area contributed by atoms with E-state index in [9.17, 15) is 13.9 Å². The number of alkyl halides is 1. The van der Waals surface area contributed by atoms with Gasteiger partial charge >= 0.3 is 0 Å².